The summed E-state index contributed by atoms with van der Waals surface area (Å²) in [4.78, 5) is 28.6. The van der Waals surface area contributed by atoms with E-state index in [9.17, 15) is 18.0 Å². The number of carbonyl (C=O) groups is 2. The van der Waals surface area contributed by atoms with Crippen molar-refractivity contribution in [2.45, 2.75) is 52.1 Å². The first kappa shape index (κ1) is 33.2. The van der Waals surface area contributed by atoms with Crippen molar-refractivity contribution in [3.8, 4) is 5.75 Å². The predicted octanol–water partition coefficient (Wildman–Crippen LogP) is 6.09. The van der Waals surface area contributed by atoms with Crippen LogP contribution >= 0.6 is 23.2 Å². The fourth-order valence-electron chi connectivity index (χ4n) is 4.16. The van der Waals surface area contributed by atoms with Crippen LogP contribution in [0.3, 0.4) is 0 Å². The topological polar surface area (TPSA) is 96.0 Å². The number of ether oxygens (including phenoxy) is 1. The quantitative estimate of drug-likeness (QED) is 0.246. The van der Waals surface area contributed by atoms with Crippen molar-refractivity contribution < 1.29 is 22.7 Å². The molecule has 0 heterocycles. The Bertz CT molecular complexity index is 1500. The van der Waals surface area contributed by atoms with Crippen molar-refractivity contribution in [3.63, 3.8) is 0 Å². The van der Waals surface area contributed by atoms with Crippen molar-refractivity contribution in [1.82, 2.24) is 10.2 Å². The summed E-state index contributed by atoms with van der Waals surface area (Å²) in [5.41, 5.74) is 1.73. The van der Waals surface area contributed by atoms with Crippen LogP contribution in [-0.4, -0.2) is 50.9 Å². The minimum atomic E-state index is -4.23. The molecule has 0 bridgehead atoms. The summed E-state index contributed by atoms with van der Waals surface area (Å²) < 4.78 is 34.9. The lowest BCUT2D eigenvalue weighted by molar-refractivity contribution is -0.139. The van der Waals surface area contributed by atoms with E-state index in [4.69, 9.17) is 27.9 Å². The smallest absolute Gasteiger partial charge is 0.264 e. The first-order valence-corrected chi connectivity index (χ1v) is 15.9. The van der Waals surface area contributed by atoms with Crippen molar-refractivity contribution in [2.75, 3.05) is 24.0 Å². The molecule has 0 fully saturated rings. The van der Waals surface area contributed by atoms with E-state index >= 15 is 0 Å². The van der Waals surface area contributed by atoms with E-state index in [1.54, 1.807) is 68.4 Å². The van der Waals surface area contributed by atoms with Crippen LogP contribution in [0.1, 0.15) is 38.8 Å². The van der Waals surface area contributed by atoms with Crippen LogP contribution in [0.2, 0.25) is 10.0 Å². The molecular formula is C31H37Cl2N3O5S. The lowest BCUT2D eigenvalue weighted by atomic mass is 10.1. The van der Waals surface area contributed by atoms with Gasteiger partial charge >= 0.3 is 0 Å². The summed E-state index contributed by atoms with van der Waals surface area (Å²) in [6, 6.07) is 17.0. The molecule has 1 N–H and O–H groups in total. The first-order chi connectivity index (χ1) is 19.8. The van der Waals surface area contributed by atoms with E-state index in [-0.39, 0.29) is 29.0 Å². The minimum Gasteiger partial charge on any atom is -0.492 e. The van der Waals surface area contributed by atoms with Crippen LogP contribution in [0, 0.1) is 12.8 Å². The fraction of sp³-hybridized carbons (Fsp3) is 0.355. The van der Waals surface area contributed by atoms with E-state index in [0.29, 0.717) is 34.5 Å². The van der Waals surface area contributed by atoms with Gasteiger partial charge in [0.05, 0.1) is 27.2 Å². The number of nitrogens with zero attached hydrogens (tertiary/aromatic N) is 2. The predicted molar refractivity (Wildman–Crippen MR) is 168 cm³/mol. The first-order valence-electron chi connectivity index (χ1n) is 13.7. The van der Waals surface area contributed by atoms with Gasteiger partial charge in [0.25, 0.3) is 10.0 Å². The van der Waals surface area contributed by atoms with E-state index in [1.165, 1.54) is 17.0 Å². The molecule has 1 atom stereocenters. The molecule has 0 aliphatic carbocycles. The summed E-state index contributed by atoms with van der Waals surface area (Å²) in [6.07, 6.45) is 0. The zero-order valence-corrected chi connectivity index (χ0v) is 26.8. The Hall–Kier alpha value is -3.27. The van der Waals surface area contributed by atoms with Crippen molar-refractivity contribution in [1.29, 1.82) is 0 Å². The van der Waals surface area contributed by atoms with Crippen molar-refractivity contribution >= 4 is 50.7 Å². The number of amides is 2. The van der Waals surface area contributed by atoms with Gasteiger partial charge in [-0.2, -0.15) is 0 Å². The monoisotopic (exact) mass is 633 g/mol. The summed E-state index contributed by atoms with van der Waals surface area (Å²) >= 11 is 12.3. The third-order valence-corrected chi connectivity index (χ3v) is 9.02. The Balaban J connectivity index is 2.08. The maximum Gasteiger partial charge on any atom is 0.264 e. The van der Waals surface area contributed by atoms with Crippen molar-refractivity contribution in [2.24, 2.45) is 5.92 Å². The fourth-order valence-corrected chi connectivity index (χ4v) is 5.91. The number of benzene rings is 3. The summed E-state index contributed by atoms with van der Waals surface area (Å²) in [5.74, 6) is -0.442. The van der Waals surface area contributed by atoms with Gasteiger partial charge in [-0.05, 0) is 68.7 Å². The lowest BCUT2D eigenvalue weighted by Gasteiger charge is -2.32. The SMILES string of the molecule is CCOc1ccccc1N(CC(=O)N(Cc1ccc(Cl)c(Cl)c1)[C@H](C)C(=O)NCC(C)C)S(=O)(=O)c1ccc(C)cc1. The molecule has 0 aliphatic heterocycles. The molecule has 8 nitrogen and oxygen atoms in total. The number of halogens is 2. The number of hydrogen-bond acceptors (Lipinski definition) is 5. The normalized spacial score (nSPS) is 12.1. The number of para-hydroxylation sites is 2. The molecule has 0 aliphatic rings. The zero-order valence-electron chi connectivity index (χ0n) is 24.4. The standard InChI is InChI=1S/C31H37Cl2N3O5S/c1-6-41-29-10-8-7-9-28(29)36(42(39,40)25-14-11-22(4)12-15-25)20-30(37)35(23(5)31(38)34-18-21(2)3)19-24-13-16-26(32)27(33)17-24/h7-17,21,23H,6,18-20H2,1-5H3,(H,34,38)/t23-/m1/s1. The Morgan fingerprint density at radius 1 is 0.952 bits per heavy atom. The molecule has 0 saturated carbocycles. The summed E-state index contributed by atoms with van der Waals surface area (Å²) in [7, 11) is -4.23. The number of rotatable bonds is 13. The molecule has 3 aromatic carbocycles. The maximum atomic E-state index is 14.1. The van der Waals surface area contributed by atoms with Gasteiger partial charge in [0.1, 0.15) is 18.3 Å². The molecule has 42 heavy (non-hydrogen) atoms. The van der Waals surface area contributed by atoms with E-state index < -0.39 is 28.5 Å². The van der Waals surface area contributed by atoms with Crippen LogP contribution in [0.4, 0.5) is 5.69 Å². The minimum absolute atomic E-state index is 0.00247. The number of sulfonamides is 1. The molecule has 226 valence electrons. The molecule has 2 amide bonds. The van der Waals surface area contributed by atoms with Gasteiger partial charge in [0.15, 0.2) is 0 Å². The van der Waals surface area contributed by atoms with Crippen LogP contribution in [-0.2, 0) is 26.2 Å². The highest BCUT2D eigenvalue weighted by atomic mass is 35.5. The molecule has 3 aromatic rings. The van der Waals surface area contributed by atoms with Gasteiger partial charge < -0.3 is 15.0 Å². The van der Waals surface area contributed by atoms with Crippen molar-refractivity contribution in [3.05, 3.63) is 87.9 Å². The second kappa shape index (κ2) is 14.8. The highest BCUT2D eigenvalue weighted by Gasteiger charge is 2.34. The van der Waals surface area contributed by atoms with E-state index in [0.717, 1.165) is 9.87 Å². The molecule has 11 heteroatoms. The summed E-state index contributed by atoms with van der Waals surface area (Å²) in [6.45, 7) is 9.32. The number of nitrogens with one attached hydrogen (secondary N) is 1. The Kier molecular flexibility index (Phi) is 11.7. The van der Waals surface area contributed by atoms with E-state index in [2.05, 4.69) is 5.32 Å². The molecule has 0 unspecified atom stereocenters. The average Bonchev–Trinajstić information content (AvgIpc) is 2.95. The number of carbonyl (C=O) groups excluding carboxylic acids is 2. The summed E-state index contributed by atoms with van der Waals surface area (Å²) in [5, 5.41) is 3.51. The van der Waals surface area contributed by atoms with E-state index in [1.807, 2.05) is 20.8 Å². The van der Waals surface area contributed by atoms with Gasteiger partial charge in [-0.3, -0.25) is 13.9 Å². The Morgan fingerprint density at radius 3 is 2.24 bits per heavy atom. The lowest BCUT2D eigenvalue weighted by Crippen LogP contribution is -2.51. The van der Waals surface area contributed by atoms with Gasteiger partial charge in [-0.25, -0.2) is 8.42 Å². The molecule has 0 radical (unpaired) electrons. The Morgan fingerprint density at radius 2 is 1.62 bits per heavy atom. The number of hydrogen-bond donors (Lipinski definition) is 1. The van der Waals surface area contributed by atoms with Gasteiger partial charge in [-0.15, -0.1) is 0 Å². The van der Waals surface area contributed by atoms with Gasteiger partial charge in [0, 0.05) is 13.1 Å². The molecular weight excluding hydrogens is 597 g/mol. The highest BCUT2D eigenvalue weighted by Crippen LogP contribution is 2.33. The molecule has 3 rings (SSSR count). The third kappa shape index (κ3) is 8.40. The highest BCUT2D eigenvalue weighted by molar-refractivity contribution is 7.92. The van der Waals surface area contributed by atoms with Crippen LogP contribution in [0.25, 0.3) is 0 Å². The van der Waals surface area contributed by atoms with Crippen LogP contribution in [0.5, 0.6) is 5.75 Å². The second-order valence-corrected chi connectivity index (χ2v) is 13.0. The largest absolute Gasteiger partial charge is 0.492 e. The van der Waals surface area contributed by atoms with Crippen LogP contribution in [0.15, 0.2) is 71.6 Å². The molecule has 0 spiro atoms. The second-order valence-electron chi connectivity index (χ2n) is 10.3. The van der Waals surface area contributed by atoms with Gasteiger partial charge in [-0.1, -0.05) is 72.9 Å². The average molecular weight is 635 g/mol. The molecule has 0 aromatic heterocycles. The third-order valence-electron chi connectivity index (χ3n) is 6.51. The van der Waals surface area contributed by atoms with Gasteiger partial charge in [0.2, 0.25) is 11.8 Å². The zero-order chi connectivity index (χ0) is 31.0. The van der Waals surface area contributed by atoms with Crippen LogP contribution < -0.4 is 14.4 Å². The molecule has 0 saturated heterocycles. The maximum absolute atomic E-state index is 14.1. The number of anilines is 1. The number of aryl methyl sites for hydroxylation is 1. The Labute approximate surface area is 258 Å².